The van der Waals surface area contributed by atoms with E-state index in [2.05, 4.69) is 51.7 Å². The summed E-state index contributed by atoms with van der Waals surface area (Å²) >= 11 is 0. The maximum absolute atomic E-state index is 14.5. The number of fused-ring (bicyclic) bond motifs is 7. The fourth-order valence-corrected chi connectivity index (χ4v) is 11.1. The van der Waals surface area contributed by atoms with Crippen molar-refractivity contribution in [2.45, 2.75) is 126 Å². The third kappa shape index (κ3) is 4.49. The molecule has 5 rings (SSSR count). The molecule has 4 fully saturated rings. The smallest absolute Gasteiger partial charge is 0.353 e. The van der Waals surface area contributed by atoms with Gasteiger partial charge in [0, 0.05) is 24.3 Å². The summed E-state index contributed by atoms with van der Waals surface area (Å²) in [7, 11) is 0. The van der Waals surface area contributed by atoms with E-state index in [0.29, 0.717) is 19.3 Å². The minimum Gasteiger partial charge on any atom is -0.353 e. The predicted octanol–water partition coefficient (Wildman–Crippen LogP) is 7.04. The zero-order valence-corrected chi connectivity index (χ0v) is 26.5. The van der Waals surface area contributed by atoms with Gasteiger partial charge in [-0.3, -0.25) is 14.4 Å². The zero-order valence-electron chi connectivity index (χ0n) is 26.5. The highest BCUT2D eigenvalue weighted by Crippen LogP contribution is 2.75. The van der Waals surface area contributed by atoms with Gasteiger partial charge in [-0.1, -0.05) is 54.0 Å². The van der Waals surface area contributed by atoms with E-state index >= 15 is 0 Å². The average Bonchev–Trinajstić information content (AvgIpc) is 2.86. The second kappa shape index (κ2) is 9.55. The van der Waals surface area contributed by atoms with Gasteiger partial charge in [0.05, 0.1) is 0 Å². The van der Waals surface area contributed by atoms with Gasteiger partial charge in [-0.25, -0.2) is 5.48 Å². The number of hydrogen-bond donors (Lipinski definition) is 2. The molecule has 236 valence electrons. The van der Waals surface area contributed by atoms with Crippen LogP contribution in [0.15, 0.2) is 11.6 Å². The molecule has 9 atom stereocenters. The summed E-state index contributed by atoms with van der Waals surface area (Å²) < 4.78 is 38.2. The van der Waals surface area contributed by atoms with Crippen molar-refractivity contribution >= 4 is 17.6 Å². The molecule has 2 N–H and O–H groups in total. The largest absolute Gasteiger partial charge is 0.543 e. The second-order valence-electron chi connectivity index (χ2n) is 16.3. The predicted molar refractivity (Wildman–Crippen MR) is 152 cm³/mol. The number of carbonyl (C=O) groups is 3. The molecule has 9 heteroatoms. The molecule has 0 aromatic carbocycles. The first-order chi connectivity index (χ1) is 19.1. The molecule has 0 heterocycles. The van der Waals surface area contributed by atoms with Gasteiger partial charge < -0.3 is 5.32 Å². The Balaban J connectivity index is 1.51. The van der Waals surface area contributed by atoms with Crippen LogP contribution in [0.3, 0.4) is 0 Å². The minimum absolute atomic E-state index is 0.0189. The summed E-state index contributed by atoms with van der Waals surface area (Å²) in [4.78, 5) is 43.3. The van der Waals surface area contributed by atoms with Gasteiger partial charge in [0.15, 0.2) is 5.78 Å². The summed E-state index contributed by atoms with van der Waals surface area (Å²) in [5.74, 6) is -0.571. The van der Waals surface area contributed by atoms with Crippen LogP contribution in [0.4, 0.5) is 13.2 Å². The Morgan fingerprint density at radius 3 is 2.19 bits per heavy atom. The highest BCUT2D eigenvalue weighted by atomic mass is 19.4. The van der Waals surface area contributed by atoms with Crippen LogP contribution in [0.1, 0.15) is 113 Å². The number of allylic oxidation sites excluding steroid dienone is 2. The molecule has 0 bridgehead atoms. The van der Waals surface area contributed by atoms with Gasteiger partial charge >= 0.3 is 6.36 Å². The Hall–Kier alpha value is -1.90. The van der Waals surface area contributed by atoms with Gasteiger partial charge in [-0.15, -0.1) is 13.2 Å². The Labute approximate surface area is 248 Å². The quantitative estimate of drug-likeness (QED) is 0.344. The van der Waals surface area contributed by atoms with E-state index < -0.39 is 17.7 Å². The molecule has 0 aromatic heterocycles. The number of carbonyl (C=O) groups excluding carboxylic acids is 3. The number of amides is 2. The molecule has 42 heavy (non-hydrogen) atoms. The van der Waals surface area contributed by atoms with Crippen molar-refractivity contribution < 1.29 is 32.4 Å². The van der Waals surface area contributed by atoms with Crippen LogP contribution in [0.25, 0.3) is 0 Å². The molecule has 5 aliphatic rings. The van der Waals surface area contributed by atoms with Gasteiger partial charge in [-0.2, -0.15) is 4.84 Å². The molecule has 0 aliphatic heterocycles. The third-order valence-electron chi connectivity index (χ3n) is 13.8. The lowest BCUT2D eigenvalue weighted by molar-refractivity contribution is -0.347. The van der Waals surface area contributed by atoms with E-state index in [1.54, 1.807) is 19.3 Å². The Morgan fingerprint density at radius 2 is 1.57 bits per heavy atom. The van der Waals surface area contributed by atoms with Gasteiger partial charge in [-0.05, 0) is 103 Å². The SMILES string of the molecule is CC(=O)N[C@H]1CC[C@@]2(C)C(CC[C@]3(C)[C@@H]2C(=O)C=C2[C@@H]4C[C@@](C)(C(=O)NOC(F)(F)F)CC[C@]4(C)CC[C@]23C)C1(C)C. The molecule has 0 spiro atoms. The zero-order chi connectivity index (χ0) is 31.3. The van der Waals surface area contributed by atoms with Crippen LogP contribution in [0.2, 0.25) is 0 Å². The maximum atomic E-state index is 14.5. The monoisotopic (exact) mass is 594 g/mol. The van der Waals surface area contributed by atoms with E-state index in [1.807, 2.05) is 6.08 Å². The first-order valence-electron chi connectivity index (χ1n) is 15.7. The highest BCUT2D eigenvalue weighted by molar-refractivity contribution is 5.95. The average molecular weight is 595 g/mol. The normalized spacial score (nSPS) is 46.3. The number of halogens is 3. The van der Waals surface area contributed by atoms with Crippen molar-refractivity contribution in [2.75, 3.05) is 0 Å². The molecule has 4 saturated carbocycles. The first-order valence-corrected chi connectivity index (χ1v) is 15.7. The Morgan fingerprint density at radius 1 is 0.929 bits per heavy atom. The van der Waals surface area contributed by atoms with Crippen LogP contribution in [-0.4, -0.2) is 30.0 Å². The fourth-order valence-electron chi connectivity index (χ4n) is 11.1. The molecule has 5 aliphatic carbocycles. The first kappa shape index (κ1) is 31.5. The van der Waals surface area contributed by atoms with E-state index in [4.69, 9.17) is 0 Å². The maximum Gasteiger partial charge on any atom is 0.543 e. The van der Waals surface area contributed by atoms with Crippen molar-refractivity contribution in [3.8, 4) is 0 Å². The fraction of sp³-hybridized carbons (Fsp3) is 0.848. The molecule has 2 amide bonds. The van der Waals surface area contributed by atoms with E-state index in [-0.39, 0.29) is 62.6 Å². The molecule has 0 aromatic rings. The lowest BCUT2D eigenvalue weighted by Crippen LogP contribution is -2.67. The third-order valence-corrected chi connectivity index (χ3v) is 13.8. The van der Waals surface area contributed by atoms with Crippen molar-refractivity contribution in [1.29, 1.82) is 0 Å². The number of nitrogens with one attached hydrogen (secondary N) is 2. The topological polar surface area (TPSA) is 84.5 Å². The molecule has 0 radical (unpaired) electrons. The molecular formula is C33H49F3N2O4. The van der Waals surface area contributed by atoms with Crippen LogP contribution in [0, 0.1) is 50.2 Å². The number of rotatable bonds is 3. The number of alkyl halides is 3. The van der Waals surface area contributed by atoms with E-state index in [9.17, 15) is 27.6 Å². The minimum atomic E-state index is -4.95. The molecule has 1 unspecified atom stereocenters. The van der Waals surface area contributed by atoms with Crippen LogP contribution < -0.4 is 10.8 Å². The summed E-state index contributed by atoms with van der Waals surface area (Å²) in [5, 5.41) is 3.20. The summed E-state index contributed by atoms with van der Waals surface area (Å²) in [6, 6.07) is 0.0700. The number of hydrogen-bond acceptors (Lipinski definition) is 4. The Bertz CT molecular complexity index is 1210. The van der Waals surface area contributed by atoms with Crippen LogP contribution in [-0.2, 0) is 19.2 Å². The Kier molecular flexibility index (Phi) is 7.17. The van der Waals surface area contributed by atoms with Crippen molar-refractivity contribution in [3.05, 3.63) is 11.6 Å². The van der Waals surface area contributed by atoms with Gasteiger partial charge in [0.25, 0.3) is 0 Å². The van der Waals surface area contributed by atoms with Crippen molar-refractivity contribution in [2.24, 2.45) is 50.2 Å². The lowest BCUT2D eigenvalue weighted by atomic mass is 9.33. The summed E-state index contributed by atoms with van der Waals surface area (Å²) in [6.07, 6.45) is 3.99. The second-order valence-corrected chi connectivity index (χ2v) is 16.3. The highest BCUT2D eigenvalue weighted by Gasteiger charge is 2.70. The number of ketones is 1. The summed E-state index contributed by atoms with van der Waals surface area (Å²) in [5.41, 5.74) is 0.678. The van der Waals surface area contributed by atoms with E-state index in [1.165, 1.54) is 0 Å². The summed E-state index contributed by atoms with van der Waals surface area (Å²) in [6.45, 7) is 16.9. The van der Waals surface area contributed by atoms with Crippen LogP contribution >= 0.6 is 0 Å². The number of hydroxylamine groups is 1. The van der Waals surface area contributed by atoms with Crippen LogP contribution in [0.5, 0.6) is 0 Å². The van der Waals surface area contributed by atoms with Gasteiger partial charge in [0.2, 0.25) is 11.8 Å². The lowest BCUT2D eigenvalue weighted by Gasteiger charge is -2.70. The standard InChI is InChI=1S/C33H49F3N2O4/c1-19(39)37-24-10-11-30(6)23(27(24,2)3)9-12-32(8)25(30)22(40)17-20-21-18-29(5,26(41)38-42-33(34,35)36)14-13-28(21,4)15-16-31(20,32)7/h17,21,23-25H,9-16,18H2,1-8H3,(H,37,39)(H,38,41)/t21-,23?,24-,25+,28+,29-,30-,31+,32+/m0/s1. The van der Waals surface area contributed by atoms with Crippen molar-refractivity contribution in [3.63, 3.8) is 0 Å². The van der Waals surface area contributed by atoms with Crippen molar-refractivity contribution in [1.82, 2.24) is 10.8 Å². The molecular weight excluding hydrogens is 545 g/mol. The van der Waals surface area contributed by atoms with Gasteiger partial charge in [0.1, 0.15) is 0 Å². The molecule has 6 nitrogen and oxygen atoms in total. The van der Waals surface area contributed by atoms with E-state index in [0.717, 1.165) is 44.1 Å². The molecule has 0 saturated heterocycles.